The number of fused-ring (bicyclic) bond motifs is 1. The van der Waals surface area contributed by atoms with Crippen molar-refractivity contribution in [3.8, 4) is 0 Å². The van der Waals surface area contributed by atoms with Crippen LogP contribution in [0, 0.1) is 0 Å². The van der Waals surface area contributed by atoms with Gasteiger partial charge in [-0.2, -0.15) is 0 Å². The number of β-amino-alcohol motifs (C(OH)–C–C–N with tert-alkyl or cyclic N) is 1. The van der Waals surface area contributed by atoms with E-state index >= 15 is 0 Å². The van der Waals surface area contributed by atoms with Crippen molar-refractivity contribution in [2.45, 2.75) is 38.3 Å². The number of carbonyl (C=O) groups is 1. The van der Waals surface area contributed by atoms with Gasteiger partial charge in [0.2, 0.25) is 0 Å². The van der Waals surface area contributed by atoms with E-state index in [1.165, 1.54) is 18.4 Å². The molecule has 2 fully saturated rings. The highest BCUT2D eigenvalue weighted by molar-refractivity contribution is 6.06. The number of furan rings is 1. The average Bonchev–Trinajstić information content (AvgIpc) is 3.32. The van der Waals surface area contributed by atoms with Crippen molar-refractivity contribution in [1.29, 1.82) is 0 Å². The van der Waals surface area contributed by atoms with Crippen LogP contribution in [0.15, 0.2) is 28.9 Å². The summed E-state index contributed by atoms with van der Waals surface area (Å²) < 4.78 is 5.56. The highest BCUT2D eigenvalue weighted by Crippen LogP contribution is 2.27. The van der Waals surface area contributed by atoms with E-state index in [4.69, 9.17) is 4.42 Å². The molecule has 5 heteroatoms. The molecular weight excluding hydrogens is 304 g/mol. The summed E-state index contributed by atoms with van der Waals surface area (Å²) in [7, 11) is 0. The molecule has 2 atom stereocenters. The highest BCUT2D eigenvalue weighted by atomic mass is 16.3. The van der Waals surface area contributed by atoms with E-state index in [9.17, 15) is 9.90 Å². The van der Waals surface area contributed by atoms with E-state index < -0.39 is 6.10 Å². The number of amides is 1. The molecule has 2 aliphatic rings. The van der Waals surface area contributed by atoms with Gasteiger partial charge in [0, 0.05) is 18.5 Å². The molecule has 2 aliphatic heterocycles. The summed E-state index contributed by atoms with van der Waals surface area (Å²) in [5.74, 6) is -0.0391. The van der Waals surface area contributed by atoms with Gasteiger partial charge < -0.3 is 14.4 Å². The molecule has 2 saturated heterocycles. The van der Waals surface area contributed by atoms with Gasteiger partial charge in [-0.15, -0.1) is 0 Å². The van der Waals surface area contributed by atoms with E-state index in [1.54, 1.807) is 11.2 Å². The molecule has 2 aromatic rings. The predicted molar refractivity (Wildman–Crippen MR) is 92.1 cm³/mol. The lowest BCUT2D eigenvalue weighted by atomic mass is 10.1. The number of likely N-dealkylation sites (tertiary alicyclic amines) is 2. The third kappa shape index (κ3) is 2.62. The van der Waals surface area contributed by atoms with Gasteiger partial charge in [0.1, 0.15) is 11.8 Å². The smallest absolute Gasteiger partial charge is 0.257 e. The summed E-state index contributed by atoms with van der Waals surface area (Å²) in [6.45, 7) is 5.15. The fraction of sp³-hybridized carbons (Fsp3) is 0.526. The van der Waals surface area contributed by atoms with Gasteiger partial charge in [0.25, 0.3) is 5.91 Å². The van der Waals surface area contributed by atoms with E-state index in [0.29, 0.717) is 18.7 Å². The number of aryl methyl sites for hydroxylation is 1. The maximum atomic E-state index is 13.0. The molecule has 0 saturated carbocycles. The maximum absolute atomic E-state index is 13.0. The lowest BCUT2D eigenvalue weighted by Crippen LogP contribution is -2.41. The van der Waals surface area contributed by atoms with Crippen LogP contribution in [0.4, 0.5) is 0 Å². The lowest BCUT2D eigenvalue weighted by Gasteiger charge is -2.25. The molecule has 1 aromatic carbocycles. The Morgan fingerprint density at radius 1 is 1.29 bits per heavy atom. The van der Waals surface area contributed by atoms with Crippen LogP contribution < -0.4 is 0 Å². The second-order valence-electron chi connectivity index (χ2n) is 6.92. The first-order valence-electron chi connectivity index (χ1n) is 8.89. The fourth-order valence-corrected chi connectivity index (χ4v) is 4.00. The Balaban J connectivity index is 1.58. The standard InChI is InChI=1S/C19H24N2O3/c1-2-13-5-6-18-14(9-13)15(12-24-18)19(23)21-10-16(17(22)11-21)20-7-3-4-8-20/h5-6,9,12,16-17,22H,2-4,7-8,10-11H2,1H3/t16-,17-/m1/s1. The van der Waals surface area contributed by atoms with Crippen LogP contribution in [-0.2, 0) is 6.42 Å². The fourth-order valence-electron chi connectivity index (χ4n) is 4.00. The second kappa shape index (κ2) is 6.22. The third-order valence-electron chi connectivity index (χ3n) is 5.43. The number of aliphatic hydroxyl groups excluding tert-OH is 1. The first-order valence-corrected chi connectivity index (χ1v) is 8.89. The number of hydrogen-bond acceptors (Lipinski definition) is 4. The van der Waals surface area contributed by atoms with Crippen LogP contribution >= 0.6 is 0 Å². The summed E-state index contributed by atoms with van der Waals surface area (Å²) in [6.07, 6.45) is 4.39. The monoisotopic (exact) mass is 328 g/mol. The molecule has 1 aromatic heterocycles. The SMILES string of the molecule is CCc1ccc2occ(C(=O)N3C[C@@H](O)[C@H](N4CCCC4)C3)c2c1. The molecule has 24 heavy (non-hydrogen) atoms. The van der Waals surface area contributed by atoms with Crippen LogP contribution in [0.2, 0.25) is 0 Å². The van der Waals surface area contributed by atoms with E-state index in [2.05, 4.69) is 11.8 Å². The van der Waals surface area contributed by atoms with Crippen LogP contribution in [-0.4, -0.2) is 59.1 Å². The molecule has 5 nitrogen and oxygen atoms in total. The molecular formula is C19H24N2O3. The Morgan fingerprint density at radius 2 is 2.08 bits per heavy atom. The van der Waals surface area contributed by atoms with Gasteiger partial charge in [0.05, 0.1) is 17.7 Å². The van der Waals surface area contributed by atoms with Gasteiger partial charge >= 0.3 is 0 Å². The van der Waals surface area contributed by atoms with Gasteiger partial charge in [-0.3, -0.25) is 9.69 Å². The van der Waals surface area contributed by atoms with Crippen molar-refractivity contribution >= 4 is 16.9 Å². The molecule has 4 rings (SSSR count). The Hall–Kier alpha value is -1.85. The maximum Gasteiger partial charge on any atom is 0.257 e. The number of aliphatic hydroxyl groups is 1. The minimum Gasteiger partial charge on any atom is -0.463 e. The molecule has 0 spiro atoms. The Kier molecular flexibility index (Phi) is 4.06. The van der Waals surface area contributed by atoms with Crippen LogP contribution in [0.25, 0.3) is 11.0 Å². The molecule has 0 unspecified atom stereocenters. The highest BCUT2D eigenvalue weighted by Gasteiger charge is 2.39. The predicted octanol–water partition coefficient (Wildman–Crippen LogP) is 2.28. The molecule has 1 N–H and O–H groups in total. The van der Waals surface area contributed by atoms with Gasteiger partial charge in [0.15, 0.2) is 0 Å². The normalized spacial score (nSPS) is 25.0. The summed E-state index contributed by atoms with van der Waals surface area (Å²) in [5.41, 5.74) is 2.54. The molecule has 0 aliphatic carbocycles. The van der Waals surface area contributed by atoms with Crippen molar-refractivity contribution in [3.63, 3.8) is 0 Å². The van der Waals surface area contributed by atoms with Crippen molar-refractivity contribution < 1.29 is 14.3 Å². The Labute approximate surface area is 141 Å². The van der Waals surface area contributed by atoms with Crippen LogP contribution in [0.5, 0.6) is 0 Å². The molecule has 0 bridgehead atoms. The first kappa shape index (κ1) is 15.7. The summed E-state index contributed by atoms with van der Waals surface area (Å²) in [4.78, 5) is 17.1. The average molecular weight is 328 g/mol. The van der Waals surface area contributed by atoms with Crippen molar-refractivity contribution in [2.75, 3.05) is 26.2 Å². The molecule has 3 heterocycles. The quantitative estimate of drug-likeness (QED) is 0.939. The largest absolute Gasteiger partial charge is 0.463 e. The van der Waals surface area contributed by atoms with Crippen molar-refractivity contribution in [3.05, 3.63) is 35.6 Å². The number of rotatable bonds is 3. The lowest BCUT2D eigenvalue weighted by molar-refractivity contribution is 0.0764. The molecule has 128 valence electrons. The van der Waals surface area contributed by atoms with E-state index in [0.717, 1.165) is 30.5 Å². The molecule has 1 amide bonds. The van der Waals surface area contributed by atoms with E-state index in [-0.39, 0.29) is 11.9 Å². The van der Waals surface area contributed by atoms with E-state index in [1.807, 2.05) is 18.2 Å². The summed E-state index contributed by atoms with van der Waals surface area (Å²) in [5, 5.41) is 11.3. The zero-order valence-electron chi connectivity index (χ0n) is 14.1. The van der Waals surface area contributed by atoms with Crippen molar-refractivity contribution in [1.82, 2.24) is 9.80 Å². The Bertz CT molecular complexity index is 748. The topological polar surface area (TPSA) is 56.9 Å². The van der Waals surface area contributed by atoms with Crippen molar-refractivity contribution in [2.24, 2.45) is 0 Å². The van der Waals surface area contributed by atoms with Gasteiger partial charge in [-0.05, 0) is 50.0 Å². The molecule has 0 radical (unpaired) electrons. The zero-order valence-corrected chi connectivity index (χ0v) is 14.1. The summed E-state index contributed by atoms with van der Waals surface area (Å²) >= 11 is 0. The number of carbonyl (C=O) groups excluding carboxylic acids is 1. The zero-order chi connectivity index (χ0) is 16.7. The third-order valence-corrected chi connectivity index (χ3v) is 5.43. The minimum atomic E-state index is -0.462. The van der Waals surface area contributed by atoms with Crippen LogP contribution in [0.1, 0.15) is 35.7 Å². The number of hydrogen-bond donors (Lipinski definition) is 1. The first-order chi connectivity index (χ1) is 11.7. The second-order valence-corrected chi connectivity index (χ2v) is 6.92. The van der Waals surface area contributed by atoms with Gasteiger partial charge in [-0.25, -0.2) is 0 Å². The number of nitrogens with zero attached hydrogens (tertiary/aromatic N) is 2. The Morgan fingerprint density at radius 3 is 2.83 bits per heavy atom. The van der Waals surface area contributed by atoms with Crippen LogP contribution in [0.3, 0.4) is 0 Å². The summed E-state index contributed by atoms with van der Waals surface area (Å²) in [6, 6.07) is 6.07. The minimum absolute atomic E-state index is 0.0391. The number of benzene rings is 1. The van der Waals surface area contributed by atoms with Gasteiger partial charge in [-0.1, -0.05) is 13.0 Å².